The van der Waals surface area contributed by atoms with Crippen LogP contribution < -0.4 is 0 Å². The average Bonchev–Trinajstić information content (AvgIpc) is 0.985. The van der Waals surface area contributed by atoms with Crippen molar-refractivity contribution in [3.63, 3.8) is 0 Å². The smallest absolute Gasteiger partial charge is 0.361 e. The number of carbonyl (C=O) groups is 3. The van der Waals surface area contributed by atoms with Gasteiger partial charge in [-0.2, -0.15) is 0 Å². The molecule has 582 valence electrons. The van der Waals surface area contributed by atoms with Crippen LogP contribution in [0.1, 0.15) is 322 Å². The van der Waals surface area contributed by atoms with E-state index in [0.29, 0.717) is 23.9 Å². The highest BCUT2D eigenvalue weighted by molar-refractivity contribution is 5.71. The predicted octanol–water partition coefficient (Wildman–Crippen LogP) is 27.3. The van der Waals surface area contributed by atoms with Crippen molar-refractivity contribution >= 4 is 17.9 Å². The first kappa shape index (κ1) is 97.1. The standard InChI is InChI=1S/C94H153NO8/c1-6-8-10-12-14-16-18-20-22-24-26-28-30-32-34-36-38-40-42-44-46-48-50-52-54-56-58-60-62-64-66-68-70-72-74-76-78-80-82-84-91(96)101-88-90(89-102-94(93(98)99)100-87-86-95(3,4)5)103-92(97)85-83-81-79-77-75-73-71-69-67-65-63-61-59-57-55-53-51-49-47-45-43-41-39-37-35-33-31-29-27-25-23-21-19-17-15-13-11-9-7-2/h8-11,14-17,20-23,26-29,32-35,38-41,45,47,51,53,57,59,63,65,90,94H,6-7,12-13,18-19,24-25,30-31,36-37,42-44,46,48-50,52,54-56,58,60-62,64,66-89H2,1-5H3/p+1/b10-8-,11-9-,16-14-,17-15-,22-20-,23-21-,28-26-,29-27-,34-32-,35-33-,40-38-,41-39-,47-45-,53-51-,59-57-,65-63-. The van der Waals surface area contributed by atoms with Crippen molar-refractivity contribution in [1.29, 1.82) is 0 Å². The number of aliphatic carboxylic acids is 1. The molecule has 0 bridgehead atoms. The van der Waals surface area contributed by atoms with Crippen LogP contribution in [0.15, 0.2) is 194 Å². The second-order valence-corrected chi connectivity index (χ2v) is 28.3. The fraction of sp³-hybridized carbons (Fsp3) is 0.628. The highest BCUT2D eigenvalue weighted by Gasteiger charge is 2.25. The number of hydrogen-bond acceptors (Lipinski definition) is 7. The van der Waals surface area contributed by atoms with Gasteiger partial charge in [0, 0.05) is 12.8 Å². The molecule has 0 rings (SSSR count). The molecule has 0 aromatic heterocycles. The number of ether oxygens (including phenoxy) is 4. The Balaban J connectivity index is 4.08. The lowest BCUT2D eigenvalue weighted by Crippen LogP contribution is -2.40. The molecule has 0 aliphatic rings. The molecule has 0 amide bonds. The Morgan fingerprint density at radius 2 is 0.524 bits per heavy atom. The molecule has 0 aliphatic carbocycles. The van der Waals surface area contributed by atoms with Crippen LogP contribution in [-0.4, -0.2) is 87.4 Å². The molecule has 9 heteroatoms. The zero-order valence-corrected chi connectivity index (χ0v) is 66.7. The van der Waals surface area contributed by atoms with E-state index in [1.165, 1.54) is 141 Å². The van der Waals surface area contributed by atoms with E-state index in [1.807, 2.05) is 21.1 Å². The lowest BCUT2D eigenvalue weighted by molar-refractivity contribution is -0.870. The number of nitrogens with zero attached hydrogens (tertiary/aromatic N) is 1. The summed E-state index contributed by atoms with van der Waals surface area (Å²) >= 11 is 0. The fourth-order valence-electron chi connectivity index (χ4n) is 11.1. The largest absolute Gasteiger partial charge is 0.477 e. The Kier molecular flexibility index (Phi) is 77.1. The second-order valence-electron chi connectivity index (χ2n) is 28.3. The molecule has 0 aromatic rings. The van der Waals surface area contributed by atoms with E-state index in [-0.39, 0.29) is 32.2 Å². The van der Waals surface area contributed by atoms with Gasteiger partial charge in [0.25, 0.3) is 6.29 Å². The molecule has 0 aromatic carbocycles. The first-order valence-corrected chi connectivity index (χ1v) is 41.6. The van der Waals surface area contributed by atoms with Crippen molar-refractivity contribution < 1.29 is 42.9 Å². The molecular weight excluding hydrogens is 1270 g/mol. The SMILES string of the molecule is CC/C=C\C/C=C\C/C=C\C/C=C\C/C=C\C/C=C\C/C=C\C/C=C\C/C=C\C/C=C\CCCCCCCCCCC(=O)OC(COC(=O)CCCCCCCCCCCCCCCCCCCCCC/C=C\C/C=C\C/C=C\C/C=C\C/C=C\C/C=C\CC)COC(OCC[N+](C)(C)C)C(=O)O. The Labute approximate surface area is 633 Å². The lowest BCUT2D eigenvalue weighted by Gasteiger charge is -2.25. The molecule has 2 unspecified atom stereocenters. The van der Waals surface area contributed by atoms with Crippen molar-refractivity contribution in [3.8, 4) is 0 Å². The summed E-state index contributed by atoms with van der Waals surface area (Å²) < 4.78 is 23.0. The summed E-state index contributed by atoms with van der Waals surface area (Å²) in [6.07, 6.45) is 123. The van der Waals surface area contributed by atoms with E-state index in [4.69, 9.17) is 18.9 Å². The van der Waals surface area contributed by atoms with Crippen LogP contribution >= 0.6 is 0 Å². The maximum Gasteiger partial charge on any atom is 0.361 e. The summed E-state index contributed by atoms with van der Waals surface area (Å²) in [5, 5.41) is 9.78. The van der Waals surface area contributed by atoms with Crippen LogP contribution in [0.4, 0.5) is 0 Å². The monoisotopic (exact) mass is 1430 g/mol. The van der Waals surface area contributed by atoms with Crippen molar-refractivity contribution in [1.82, 2.24) is 0 Å². The predicted molar refractivity (Wildman–Crippen MR) is 446 cm³/mol. The zero-order valence-electron chi connectivity index (χ0n) is 66.7. The summed E-state index contributed by atoms with van der Waals surface area (Å²) in [7, 11) is 5.98. The van der Waals surface area contributed by atoms with E-state index in [1.54, 1.807) is 0 Å². The van der Waals surface area contributed by atoms with Crippen LogP contribution in [0.5, 0.6) is 0 Å². The molecule has 0 saturated carbocycles. The molecule has 103 heavy (non-hydrogen) atoms. The van der Waals surface area contributed by atoms with Gasteiger partial charge >= 0.3 is 17.9 Å². The number of allylic oxidation sites excluding steroid dienone is 32. The fourth-order valence-corrected chi connectivity index (χ4v) is 11.1. The normalized spacial score (nSPS) is 13.7. The highest BCUT2D eigenvalue weighted by Crippen LogP contribution is 2.18. The Morgan fingerprint density at radius 1 is 0.291 bits per heavy atom. The zero-order chi connectivity index (χ0) is 74.6. The first-order valence-electron chi connectivity index (χ1n) is 41.6. The third kappa shape index (κ3) is 83.3. The minimum absolute atomic E-state index is 0.178. The molecule has 0 aliphatic heterocycles. The minimum Gasteiger partial charge on any atom is -0.477 e. The second kappa shape index (κ2) is 81.8. The van der Waals surface area contributed by atoms with Crippen LogP contribution in [0.3, 0.4) is 0 Å². The van der Waals surface area contributed by atoms with Crippen LogP contribution in [0, 0.1) is 0 Å². The number of likely N-dealkylation sites (N-methyl/N-ethyl adjacent to an activating group) is 1. The van der Waals surface area contributed by atoms with Gasteiger partial charge in [0.1, 0.15) is 13.2 Å². The number of esters is 2. The molecule has 9 nitrogen and oxygen atoms in total. The third-order valence-corrected chi connectivity index (χ3v) is 17.3. The van der Waals surface area contributed by atoms with E-state index >= 15 is 0 Å². The van der Waals surface area contributed by atoms with Gasteiger partial charge in [-0.1, -0.05) is 362 Å². The van der Waals surface area contributed by atoms with E-state index < -0.39 is 24.3 Å². The van der Waals surface area contributed by atoms with Crippen molar-refractivity contribution in [3.05, 3.63) is 194 Å². The summed E-state index contributed by atoms with van der Waals surface area (Å²) in [5.41, 5.74) is 0. The van der Waals surface area contributed by atoms with Gasteiger partial charge in [-0.15, -0.1) is 0 Å². The number of carboxylic acids is 1. The van der Waals surface area contributed by atoms with Gasteiger partial charge in [-0.3, -0.25) is 9.59 Å². The number of carboxylic acid groups (broad SMARTS) is 1. The summed E-state index contributed by atoms with van der Waals surface area (Å²) in [5.74, 6) is -2.02. The van der Waals surface area contributed by atoms with E-state index in [9.17, 15) is 19.5 Å². The van der Waals surface area contributed by atoms with E-state index in [0.717, 1.165) is 148 Å². The molecule has 0 spiro atoms. The Hall–Kier alpha value is -5.87. The molecule has 0 saturated heterocycles. The number of unbranched alkanes of at least 4 members (excludes halogenated alkanes) is 28. The summed E-state index contributed by atoms with van der Waals surface area (Å²) in [6.45, 7) is 4.65. The maximum absolute atomic E-state index is 13.0. The van der Waals surface area contributed by atoms with Crippen molar-refractivity contribution in [2.45, 2.75) is 334 Å². The lowest BCUT2D eigenvalue weighted by atomic mass is 10.0. The summed E-state index contributed by atoms with van der Waals surface area (Å²) in [4.78, 5) is 37.8. The Bertz CT molecular complexity index is 2410. The topological polar surface area (TPSA) is 108 Å². The highest BCUT2D eigenvalue weighted by atomic mass is 16.7. The average molecular weight is 1430 g/mol. The minimum atomic E-state index is -1.52. The number of carbonyl (C=O) groups excluding carboxylic acids is 2. The molecular formula is C94H154NO8+. The van der Waals surface area contributed by atoms with Crippen LogP contribution in [0.25, 0.3) is 0 Å². The molecule has 1 N–H and O–H groups in total. The van der Waals surface area contributed by atoms with Crippen molar-refractivity contribution in [2.75, 3.05) is 47.5 Å². The molecule has 0 heterocycles. The number of quaternary nitrogens is 1. The van der Waals surface area contributed by atoms with Crippen LogP contribution in [0.2, 0.25) is 0 Å². The first-order chi connectivity index (χ1) is 50.6. The Morgan fingerprint density at radius 3 is 0.777 bits per heavy atom. The van der Waals surface area contributed by atoms with Gasteiger partial charge in [-0.25, -0.2) is 4.79 Å². The van der Waals surface area contributed by atoms with Crippen LogP contribution in [-0.2, 0) is 33.3 Å². The maximum atomic E-state index is 13.0. The summed E-state index contributed by atoms with van der Waals surface area (Å²) in [6, 6.07) is 0. The van der Waals surface area contributed by atoms with Gasteiger partial charge in [-0.05, 0) is 141 Å². The molecule has 2 atom stereocenters. The van der Waals surface area contributed by atoms with E-state index in [2.05, 4.69) is 208 Å². The van der Waals surface area contributed by atoms with Gasteiger partial charge < -0.3 is 28.5 Å². The van der Waals surface area contributed by atoms with Gasteiger partial charge in [0.15, 0.2) is 6.10 Å². The van der Waals surface area contributed by atoms with Gasteiger partial charge in [0.05, 0.1) is 34.4 Å². The molecule has 0 radical (unpaired) electrons. The third-order valence-electron chi connectivity index (χ3n) is 17.3. The van der Waals surface area contributed by atoms with Gasteiger partial charge in [0.2, 0.25) is 0 Å². The molecule has 0 fully saturated rings. The quantitative estimate of drug-likeness (QED) is 0.0211. The number of rotatable bonds is 75. The van der Waals surface area contributed by atoms with Crippen molar-refractivity contribution in [2.24, 2.45) is 0 Å². The number of hydrogen-bond donors (Lipinski definition) is 1.